The number of hydrogen-bond donors (Lipinski definition) is 2. The van der Waals surface area contributed by atoms with E-state index in [1.54, 1.807) is 18.2 Å². The third-order valence-electron chi connectivity index (χ3n) is 4.53. The molecule has 0 spiro atoms. The summed E-state index contributed by atoms with van der Waals surface area (Å²) in [6.07, 6.45) is 4.16. The Labute approximate surface area is 175 Å². The molecule has 6 nitrogen and oxygen atoms in total. The lowest BCUT2D eigenvalue weighted by Gasteiger charge is -2.10. The van der Waals surface area contributed by atoms with Gasteiger partial charge < -0.3 is 9.84 Å². The summed E-state index contributed by atoms with van der Waals surface area (Å²) in [6.45, 7) is -0.409. The summed E-state index contributed by atoms with van der Waals surface area (Å²) >= 11 is 0. The Balaban J connectivity index is 1.63. The number of aliphatic carboxylic acids is 1. The predicted molar refractivity (Wildman–Crippen MR) is 117 cm³/mol. The van der Waals surface area contributed by atoms with Crippen molar-refractivity contribution >= 4 is 26.8 Å². The van der Waals surface area contributed by atoms with Gasteiger partial charge in [0, 0.05) is 11.6 Å². The number of carboxylic acids is 1. The Bertz CT molecular complexity index is 1140. The van der Waals surface area contributed by atoms with Crippen LogP contribution in [-0.2, 0) is 27.7 Å². The van der Waals surface area contributed by atoms with Gasteiger partial charge in [0.15, 0.2) is 6.61 Å². The highest BCUT2D eigenvalue weighted by atomic mass is 32.2. The van der Waals surface area contributed by atoms with Crippen LogP contribution in [0.4, 0.5) is 0 Å². The van der Waals surface area contributed by atoms with E-state index >= 15 is 0 Å². The first-order valence-corrected chi connectivity index (χ1v) is 11.1. The molecule has 0 amide bonds. The van der Waals surface area contributed by atoms with Crippen molar-refractivity contribution in [3.8, 4) is 5.75 Å². The Morgan fingerprint density at radius 1 is 0.967 bits per heavy atom. The molecule has 0 fully saturated rings. The molecular formula is C23H23NO5S. The number of sulfonamides is 1. The molecule has 0 bridgehead atoms. The molecule has 0 saturated heterocycles. The molecule has 0 saturated carbocycles. The minimum Gasteiger partial charge on any atom is -0.481 e. The molecule has 156 valence electrons. The summed E-state index contributed by atoms with van der Waals surface area (Å²) < 4.78 is 32.2. The first-order valence-electron chi connectivity index (χ1n) is 9.49. The third kappa shape index (κ3) is 6.09. The van der Waals surface area contributed by atoms with Crippen molar-refractivity contribution in [2.75, 3.05) is 12.4 Å². The number of aryl methyl sites for hydroxylation is 1. The minimum absolute atomic E-state index is 0.0138. The number of carbonyl (C=O) groups is 1. The fourth-order valence-corrected chi connectivity index (χ4v) is 4.01. The van der Waals surface area contributed by atoms with Gasteiger partial charge in [-0.3, -0.25) is 4.72 Å². The summed E-state index contributed by atoms with van der Waals surface area (Å²) in [7, 11) is -3.41. The largest absolute Gasteiger partial charge is 0.481 e. The van der Waals surface area contributed by atoms with Gasteiger partial charge in [-0.25, -0.2) is 13.2 Å². The molecule has 0 atom stereocenters. The van der Waals surface area contributed by atoms with Crippen LogP contribution in [0.2, 0.25) is 0 Å². The van der Waals surface area contributed by atoms with Gasteiger partial charge in [-0.2, -0.15) is 0 Å². The molecule has 3 rings (SSSR count). The van der Waals surface area contributed by atoms with E-state index in [2.05, 4.69) is 4.72 Å². The van der Waals surface area contributed by atoms with Crippen LogP contribution >= 0.6 is 0 Å². The van der Waals surface area contributed by atoms with Gasteiger partial charge in [-0.1, -0.05) is 66.7 Å². The summed E-state index contributed by atoms with van der Waals surface area (Å²) in [5.41, 5.74) is 1.96. The molecule has 0 aromatic heterocycles. The maximum Gasteiger partial charge on any atom is 0.341 e. The maximum atomic E-state index is 12.2. The van der Waals surface area contributed by atoms with E-state index < -0.39 is 22.6 Å². The normalized spacial score (nSPS) is 11.6. The molecule has 30 heavy (non-hydrogen) atoms. The van der Waals surface area contributed by atoms with Crippen molar-refractivity contribution in [1.29, 1.82) is 0 Å². The molecule has 0 radical (unpaired) electrons. The number of ether oxygens (including phenoxy) is 1. The van der Waals surface area contributed by atoms with Crippen LogP contribution in [0.5, 0.6) is 5.75 Å². The Kier molecular flexibility index (Phi) is 7.08. The number of fused-ring (bicyclic) bond motifs is 1. The molecule has 0 aliphatic rings. The standard InChI is InChI=1S/C23H23NO5S/c25-23(26)17-29-22-13-5-11-20-19(9-4-12-21(20)22)10-6-15-24-30(27,28)16-14-18-7-2-1-3-8-18/h1-9,11-13,15,24H,10,14,16-17H2,(H,25,26). The first-order chi connectivity index (χ1) is 14.4. The molecule has 0 heterocycles. The first kappa shape index (κ1) is 21.4. The fourth-order valence-electron chi connectivity index (χ4n) is 3.08. The third-order valence-corrected chi connectivity index (χ3v) is 5.77. The summed E-state index contributed by atoms with van der Waals surface area (Å²) in [4.78, 5) is 10.8. The molecule has 0 unspecified atom stereocenters. The zero-order chi connectivity index (χ0) is 21.4. The van der Waals surface area contributed by atoms with E-state index in [1.807, 2.05) is 54.6 Å². The second-order valence-corrected chi connectivity index (χ2v) is 8.60. The number of allylic oxidation sites excluding steroid dienone is 1. The van der Waals surface area contributed by atoms with Gasteiger partial charge in [-0.05, 0) is 35.4 Å². The number of benzene rings is 3. The van der Waals surface area contributed by atoms with E-state index in [4.69, 9.17) is 9.84 Å². The topological polar surface area (TPSA) is 92.7 Å². The number of rotatable bonds is 10. The van der Waals surface area contributed by atoms with E-state index in [0.717, 1.165) is 21.9 Å². The quantitative estimate of drug-likeness (QED) is 0.518. The zero-order valence-corrected chi connectivity index (χ0v) is 17.1. The minimum atomic E-state index is -3.41. The molecule has 0 aliphatic heterocycles. The van der Waals surface area contributed by atoms with E-state index in [9.17, 15) is 13.2 Å². The number of nitrogens with one attached hydrogen (secondary N) is 1. The van der Waals surface area contributed by atoms with E-state index in [1.165, 1.54) is 6.20 Å². The molecule has 3 aromatic carbocycles. The van der Waals surface area contributed by atoms with Crippen LogP contribution in [0.1, 0.15) is 11.1 Å². The second-order valence-electron chi connectivity index (χ2n) is 6.73. The summed E-state index contributed by atoms with van der Waals surface area (Å²) in [5, 5.41) is 10.6. The van der Waals surface area contributed by atoms with Crippen molar-refractivity contribution in [2.45, 2.75) is 12.8 Å². The highest BCUT2D eigenvalue weighted by Gasteiger charge is 2.09. The van der Waals surface area contributed by atoms with Crippen molar-refractivity contribution in [3.05, 3.63) is 90.1 Å². The number of carboxylic acid groups (broad SMARTS) is 1. The highest BCUT2D eigenvalue weighted by Crippen LogP contribution is 2.28. The SMILES string of the molecule is O=C(O)COc1cccc2c(CC=CNS(=O)(=O)CCc3ccccc3)cccc12. The van der Waals surface area contributed by atoms with Gasteiger partial charge in [0.2, 0.25) is 10.0 Å². The van der Waals surface area contributed by atoms with Crippen LogP contribution < -0.4 is 9.46 Å². The van der Waals surface area contributed by atoms with Crippen LogP contribution in [0.25, 0.3) is 10.8 Å². The highest BCUT2D eigenvalue weighted by molar-refractivity contribution is 7.89. The van der Waals surface area contributed by atoms with Gasteiger partial charge in [0.1, 0.15) is 5.75 Å². The lowest BCUT2D eigenvalue weighted by molar-refractivity contribution is -0.139. The lowest BCUT2D eigenvalue weighted by atomic mass is 10.0. The maximum absolute atomic E-state index is 12.2. The van der Waals surface area contributed by atoms with Crippen molar-refractivity contribution < 1.29 is 23.1 Å². The average molecular weight is 426 g/mol. The summed E-state index contributed by atoms with van der Waals surface area (Å²) in [5.74, 6) is -0.520. The van der Waals surface area contributed by atoms with E-state index in [0.29, 0.717) is 18.6 Å². The van der Waals surface area contributed by atoms with Crippen molar-refractivity contribution in [2.24, 2.45) is 0 Å². The van der Waals surface area contributed by atoms with Crippen LogP contribution in [0, 0.1) is 0 Å². The molecule has 2 N–H and O–H groups in total. The summed E-state index contributed by atoms with van der Waals surface area (Å²) in [6, 6.07) is 20.6. The fraction of sp³-hybridized carbons (Fsp3) is 0.174. The van der Waals surface area contributed by atoms with Crippen LogP contribution in [0.15, 0.2) is 79.0 Å². The zero-order valence-electron chi connectivity index (χ0n) is 16.3. The van der Waals surface area contributed by atoms with Gasteiger partial charge >= 0.3 is 5.97 Å². The number of hydrogen-bond acceptors (Lipinski definition) is 4. The predicted octanol–water partition coefficient (Wildman–Crippen LogP) is 3.52. The van der Waals surface area contributed by atoms with Crippen LogP contribution in [0.3, 0.4) is 0 Å². The van der Waals surface area contributed by atoms with Crippen molar-refractivity contribution in [3.63, 3.8) is 0 Å². The molecule has 3 aromatic rings. The van der Waals surface area contributed by atoms with Gasteiger partial charge in [0.25, 0.3) is 0 Å². The Morgan fingerprint density at radius 2 is 1.70 bits per heavy atom. The molecule has 7 heteroatoms. The molecular weight excluding hydrogens is 402 g/mol. The Hall–Kier alpha value is -3.32. The molecule has 0 aliphatic carbocycles. The smallest absolute Gasteiger partial charge is 0.341 e. The van der Waals surface area contributed by atoms with E-state index in [-0.39, 0.29) is 5.75 Å². The Morgan fingerprint density at radius 3 is 2.47 bits per heavy atom. The second kappa shape index (κ2) is 9.93. The van der Waals surface area contributed by atoms with Gasteiger partial charge in [-0.15, -0.1) is 0 Å². The van der Waals surface area contributed by atoms with Crippen LogP contribution in [-0.4, -0.2) is 31.9 Å². The van der Waals surface area contributed by atoms with Crippen molar-refractivity contribution in [1.82, 2.24) is 4.72 Å². The lowest BCUT2D eigenvalue weighted by Crippen LogP contribution is -2.22. The monoisotopic (exact) mass is 425 g/mol. The average Bonchev–Trinajstić information content (AvgIpc) is 2.74. The van der Waals surface area contributed by atoms with Gasteiger partial charge in [0.05, 0.1) is 5.75 Å².